The molecule has 140 valence electrons. The summed E-state index contributed by atoms with van der Waals surface area (Å²) in [6.45, 7) is 0.745. The summed E-state index contributed by atoms with van der Waals surface area (Å²) < 4.78 is 5.17. The van der Waals surface area contributed by atoms with E-state index in [-0.39, 0.29) is 12.5 Å². The van der Waals surface area contributed by atoms with Crippen molar-refractivity contribution in [1.82, 2.24) is 10.2 Å². The number of nitrogens with one attached hydrogen (secondary N) is 2. The Morgan fingerprint density at radius 3 is 2.63 bits per heavy atom. The maximum atomic E-state index is 12.2. The van der Waals surface area contributed by atoms with Gasteiger partial charge in [-0.15, -0.1) is 6.42 Å². The summed E-state index contributed by atoms with van der Waals surface area (Å²) in [6, 6.07) is 15.0. The van der Waals surface area contributed by atoms with Crippen LogP contribution in [0.15, 0.2) is 53.5 Å². The van der Waals surface area contributed by atoms with Gasteiger partial charge in [0.1, 0.15) is 5.75 Å². The highest BCUT2D eigenvalue weighted by Gasteiger charge is 2.09. The van der Waals surface area contributed by atoms with Gasteiger partial charge in [0.25, 0.3) is 0 Å². The van der Waals surface area contributed by atoms with Crippen molar-refractivity contribution in [2.75, 3.05) is 33.1 Å². The lowest BCUT2D eigenvalue weighted by atomic mass is 10.2. The van der Waals surface area contributed by atoms with Gasteiger partial charge in [-0.3, -0.25) is 9.79 Å². The first-order chi connectivity index (χ1) is 13.0. The average Bonchev–Trinajstić information content (AvgIpc) is 2.69. The molecular weight excluding hydrogens is 340 g/mol. The first-order valence-corrected chi connectivity index (χ1v) is 8.47. The molecule has 6 heteroatoms. The third-order valence-corrected chi connectivity index (χ3v) is 3.87. The van der Waals surface area contributed by atoms with E-state index < -0.39 is 0 Å². The highest BCUT2D eigenvalue weighted by atomic mass is 16.5. The molecule has 0 heterocycles. The van der Waals surface area contributed by atoms with Gasteiger partial charge in [0, 0.05) is 31.9 Å². The largest absolute Gasteiger partial charge is 0.497 e. The lowest BCUT2D eigenvalue weighted by molar-refractivity contribution is -0.115. The van der Waals surface area contributed by atoms with Gasteiger partial charge in [-0.1, -0.05) is 24.1 Å². The van der Waals surface area contributed by atoms with E-state index in [4.69, 9.17) is 11.2 Å². The number of amides is 1. The minimum absolute atomic E-state index is 0.0971. The number of nitrogens with zero attached hydrogens (tertiary/aromatic N) is 2. The summed E-state index contributed by atoms with van der Waals surface area (Å²) in [5, 5.41) is 5.87. The Balaban J connectivity index is 1.87. The molecule has 1 amide bonds. The maximum Gasteiger partial charge on any atom is 0.243 e. The van der Waals surface area contributed by atoms with Crippen LogP contribution in [0.25, 0.3) is 0 Å². The van der Waals surface area contributed by atoms with Gasteiger partial charge >= 0.3 is 0 Å². The smallest absolute Gasteiger partial charge is 0.243 e. The topological polar surface area (TPSA) is 66.0 Å². The first kappa shape index (κ1) is 19.9. The quantitative estimate of drug-likeness (QED) is 0.469. The van der Waals surface area contributed by atoms with Crippen molar-refractivity contribution in [1.29, 1.82) is 0 Å². The van der Waals surface area contributed by atoms with E-state index in [1.54, 1.807) is 32.4 Å². The third-order valence-electron chi connectivity index (χ3n) is 3.87. The van der Waals surface area contributed by atoms with Crippen molar-refractivity contribution in [3.63, 3.8) is 0 Å². The monoisotopic (exact) mass is 364 g/mol. The fourth-order valence-corrected chi connectivity index (χ4v) is 2.52. The molecule has 2 rings (SSSR count). The number of terminal acetylenes is 1. The highest BCUT2D eigenvalue weighted by Crippen LogP contribution is 2.12. The van der Waals surface area contributed by atoms with Crippen LogP contribution in [0.5, 0.6) is 5.75 Å². The van der Waals surface area contributed by atoms with E-state index in [0.29, 0.717) is 18.2 Å². The summed E-state index contributed by atoms with van der Waals surface area (Å²) >= 11 is 0. The molecule has 0 aliphatic rings. The maximum absolute atomic E-state index is 12.2. The third kappa shape index (κ3) is 6.08. The predicted molar refractivity (Wildman–Crippen MR) is 109 cm³/mol. The second-order valence-electron chi connectivity index (χ2n) is 5.88. The number of guanidine groups is 1. The molecular formula is C21H24N4O2. The fourth-order valence-electron chi connectivity index (χ4n) is 2.52. The highest BCUT2D eigenvalue weighted by molar-refractivity contribution is 5.95. The minimum atomic E-state index is -0.178. The summed E-state index contributed by atoms with van der Waals surface area (Å²) in [5.41, 5.74) is 2.49. The summed E-state index contributed by atoms with van der Waals surface area (Å²) in [6.07, 6.45) is 5.38. The van der Waals surface area contributed by atoms with E-state index in [1.807, 2.05) is 42.3 Å². The van der Waals surface area contributed by atoms with Gasteiger partial charge in [0.05, 0.1) is 13.7 Å². The molecule has 6 nitrogen and oxygen atoms in total. The Kier molecular flexibility index (Phi) is 7.26. The van der Waals surface area contributed by atoms with Gasteiger partial charge in [0.2, 0.25) is 5.91 Å². The average molecular weight is 364 g/mol. The number of methoxy groups -OCH3 is 1. The lowest BCUT2D eigenvalue weighted by Gasteiger charge is -2.22. The van der Waals surface area contributed by atoms with Crippen LogP contribution >= 0.6 is 0 Å². The van der Waals surface area contributed by atoms with Crippen molar-refractivity contribution >= 4 is 17.6 Å². The molecule has 0 radical (unpaired) electrons. The van der Waals surface area contributed by atoms with E-state index in [2.05, 4.69) is 21.5 Å². The molecule has 0 bridgehead atoms. The SMILES string of the molecule is C#Cc1cccc(NC(=O)CNC(=NC)N(C)Cc2ccc(OC)cc2)c1. The molecule has 0 aliphatic heterocycles. The van der Waals surface area contributed by atoms with Crippen LogP contribution in [0.4, 0.5) is 5.69 Å². The van der Waals surface area contributed by atoms with Gasteiger partial charge in [0.15, 0.2) is 5.96 Å². The van der Waals surface area contributed by atoms with Crippen molar-refractivity contribution in [3.8, 4) is 18.1 Å². The second-order valence-corrected chi connectivity index (χ2v) is 5.88. The van der Waals surface area contributed by atoms with Crippen LogP contribution < -0.4 is 15.4 Å². The second kappa shape index (κ2) is 9.88. The molecule has 0 saturated carbocycles. The molecule has 0 spiro atoms. The molecule has 2 N–H and O–H groups in total. The zero-order chi connectivity index (χ0) is 19.6. The number of carbonyl (C=O) groups excluding carboxylic acids is 1. The molecule has 0 unspecified atom stereocenters. The number of benzene rings is 2. The van der Waals surface area contributed by atoms with E-state index in [0.717, 1.165) is 16.9 Å². The lowest BCUT2D eigenvalue weighted by Crippen LogP contribution is -2.42. The summed E-state index contributed by atoms with van der Waals surface area (Å²) in [7, 11) is 5.23. The van der Waals surface area contributed by atoms with Crippen LogP contribution in [-0.4, -0.2) is 44.5 Å². The number of carbonyl (C=O) groups is 1. The van der Waals surface area contributed by atoms with Crippen molar-refractivity contribution < 1.29 is 9.53 Å². The molecule has 0 aromatic heterocycles. The van der Waals surface area contributed by atoms with E-state index in [1.165, 1.54) is 0 Å². The Morgan fingerprint density at radius 1 is 1.26 bits per heavy atom. The normalized spacial score (nSPS) is 10.7. The number of hydrogen-bond donors (Lipinski definition) is 2. The Labute approximate surface area is 160 Å². The molecule has 2 aromatic rings. The molecule has 0 atom stereocenters. The molecule has 27 heavy (non-hydrogen) atoms. The number of rotatable bonds is 6. The van der Waals surface area contributed by atoms with Crippen LogP contribution in [0.1, 0.15) is 11.1 Å². The van der Waals surface area contributed by atoms with E-state index >= 15 is 0 Å². The van der Waals surface area contributed by atoms with E-state index in [9.17, 15) is 4.79 Å². The van der Waals surface area contributed by atoms with Crippen LogP contribution in [0.3, 0.4) is 0 Å². The predicted octanol–water partition coefficient (Wildman–Crippen LogP) is 2.32. The summed E-state index contributed by atoms with van der Waals surface area (Å²) in [5.74, 6) is 3.80. The van der Waals surface area contributed by atoms with Crippen molar-refractivity contribution in [2.24, 2.45) is 4.99 Å². The Bertz CT molecular complexity index is 838. The number of hydrogen-bond acceptors (Lipinski definition) is 3. The Hall–Kier alpha value is -3.46. The minimum Gasteiger partial charge on any atom is -0.497 e. The van der Waals surface area contributed by atoms with Gasteiger partial charge in [-0.2, -0.15) is 0 Å². The first-order valence-electron chi connectivity index (χ1n) is 8.47. The summed E-state index contributed by atoms with van der Waals surface area (Å²) in [4.78, 5) is 18.3. The van der Waals surface area contributed by atoms with Crippen molar-refractivity contribution in [3.05, 3.63) is 59.7 Å². The Morgan fingerprint density at radius 2 is 2.00 bits per heavy atom. The number of anilines is 1. The van der Waals surface area contributed by atoms with Gasteiger partial charge in [-0.25, -0.2) is 0 Å². The van der Waals surface area contributed by atoms with Gasteiger partial charge < -0.3 is 20.3 Å². The molecule has 0 saturated heterocycles. The number of ether oxygens (including phenoxy) is 1. The molecule has 0 fully saturated rings. The fraction of sp³-hybridized carbons (Fsp3) is 0.238. The molecule has 0 aliphatic carbocycles. The van der Waals surface area contributed by atoms with Gasteiger partial charge in [-0.05, 0) is 35.9 Å². The zero-order valence-electron chi connectivity index (χ0n) is 15.8. The van der Waals surface area contributed by atoms with Crippen molar-refractivity contribution in [2.45, 2.75) is 6.54 Å². The zero-order valence-corrected chi connectivity index (χ0v) is 15.8. The van der Waals surface area contributed by atoms with Crippen LogP contribution in [-0.2, 0) is 11.3 Å². The molecule has 2 aromatic carbocycles. The van der Waals surface area contributed by atoms with Crippen LogP contribution in [0, 0.1) is 12.3 Å². The number of aliphatic imine (C=N–C) groups is 1. The van der Waals surface area contributed by atoms with Crippen LogP contribution in [0.2, 0.25) is 0 Å². The standard InChI is InChI=1S/C21H24N4O2/c1-5-16-7-6-8-18(13-16)24-20(26)14-23-21(22-2)25(3)15-17-9-11-19(27-4)12-10-17/h1,6-13H,14-15H2,2-4H3,(H,22,23)(H,24,26).